The minimum Gasteiger partial charge on any atom is -0.497 e. The van der Waals surface area contributed by atoms with E-state index in [0.29, 0.717) is 71.9 Å². The largest absolute Gasteiger partial charge is 0.497 e. The fourth-order valence-electron chi connectivity index (χ4n) is 15.6. The molecule has 12 atom stereocenters. The first kappa shape index (κ1) is 99.6. The molecule has 3 aromatic rings. The molecule has 3 unspecified atom stereocenters. The number of nitrogens with one attached hydrogen (secondary N) is 8. The van der Waals surface area contributed by atoms with E-state index in [2.05, 4.69) is 42.5 Å². The van der Waals surface area contributed by atoms with Crippen LogP contribution in [0.5, 0.6) is 5.75 Å². The van der Waals surface area contributed by atoms with Crippen LogP contribution in [0.2, 0.25) is 0 Å². The van der Waals surface area contributed by atoms with Crippen molar-refractivity contribution in [2.45, 2.75) is 225 Å². The second-order valence-electron chi connectivity index (χ2n) is 33.4. The lowest BCUT2D eigenvalue weighted by Crippen LogP contribution is -2.59. The summed E-state index contributed by atoms with van der Waals surface area (Å²) in [5, 5.41) is 23.2. The summed E-state index contributed by atoms with van der Waals surface area (Å²) in [5.74, 6) is -7.27. The van der Waals surface area contributed by atoms with Crippen molar-refractivity contribution in [3.05, 3.63) is 71.8 Å². The van der Waals surface area contributed by atoms with Crippen LogP contribution in [0.4, 0.5) is 20.1 Å². The molecule has 3 aliphatic heterocycles. The Morgan fingerprint density at radius 1 is 0.675 bits per heavy atom. The van der Waals surface area contributed by atoms with E-state index in [-0.39, 0.29) is 151 Å². The monoisotopic (exact) mass is 1740 g/mol. The number of carbonyl (C=O) groups is 16. The minimum absolute atomic E-state index is 0.000474. The van der Waals surface area contributed by atoms with Gasteiger partial charge in [-0.1, -0.05) is 105 Å². The number of likely N-dealkylation sites (tertiary alicyclic amines) is 2. The third-order valence-corrected chi connectivity index (χ3v) is 24.4. The van der Waals surface area contributed by atoms with E-state index >= 15 is 4.79 Å². The number of hydrogen-bond acceptors (Lipinski definition) is 24. The summed E-state index contributed by atoms with van der Waals surface area (Å²) in [6.45, 7) is 15.7. The number of likely N-dealkylation sites (N-methyl/N-ethyl adjacent to an activating group) is 2. The summed E-state index contributed by atoms with van der Waals surface area (Å²) >= 11 is 1.29. The van der Waals surface area contributed by atoms with Crippen LogP contribution in [0.15, 0.2) is 60.7 Å². The lowest BCUT2D eigenvalue weighted by atomic mass is 9.89. The minimum atomic E-state index is -1.16. The number of ether oxygens (including phenoxy) is 5. The maximum absolute atomic E-state index is 15.1. The zero-order chi connectivity index (χ0) is 90.7. The van der Waals surface area contributed by atoms with Crippen LogP contribution in [-0.2, 0) is 87.9 Å². The van der Waals surface area contributed by atoms with Gasteiger partial charge in [0.15, 0.2) is 5.78 Å². The molecule has 37 heteroatoms. The van der Waals surface area contributed by atoms with Crippen molar-refractivity contribution in [3.8, 4) is 5.75 Å². The Balaban J connectivity index is 0.892. The van der Waals surface area contributed by atoms with Crippen LogP contribution in [-0.4, -0.2) is 267 Å². The third-order valence-electron chi connectivity index (χ3n) is 22.9. The Morgan fingerprint density at radius 3 is 1.94 bits per heavy atom. The highest BCUT2D eigenvalue weighted by atomic mass is 32.2. The lowest BCUT2D eigenvalue weighted by Gasteiger charge is -2.41. The van der Waals surface area contributed by atoms with E-state index in [4.69, 9.17) is 34.3 Å². The van der Waals surface area contributed by atoms with Crippen molar-refractivity contribution in [3.63, 3.8) is 0 Å². The number of primary amides is 1. The molecule has 3 heterocycles. The number of alkyl carbamates (subject to hydrolysis) is 2. The number of amides is 15. The fourth-order valence-corrected chi connectivity index (χ4v) is 17.0. The molecule has 0 radical (unpaired) electrons. The summed E-state index contributed by atoms with van der Waals surface area (Å²) in [6.07, 6.45) is -1.52. The molecule has 3 aromatic carbocycles. The fraction of sp³-hybridized carbons (Fsp3) is 0.628. The molecule has 36 nitrogen and oxygen atoms in total. The number of urea groups is 1. The lowest BCUT2D eigenvalue weighted by molar-refractivity contribution is -0.198. The van der Waals surface area contributed by atoms with Crippen LogP contribution >= 0.6 is 11.8 Å². The molecule has 0 aromatic heterocycles. The van der Waals surface area contributed by atoms with Gasteiger partial charge in [0.05, 0.1) is 74.5 Å². The number of methoxy groups -OCH3 is 3. The van der Waals surface area contributed by atoms with E-state index in [1.54, 1.807) is 107 Å². The van der Waals surface area contributed by atoms with Gasteiger partial charge in [-0.15, -0.1) is 16.8 Å². The molecule has 3 saturated heterocycles. The molecule has 0 spiro atoms. The second-order valence-corrected chi connectivity index (χ2v) is 34.6. The highest BCUT2D eigenvalue weighted by molar-refractivity contribution is 8.00. The summed E-state index contributed by atoms with van der Waals surface area (Å²) in [4.78, 5) is 224. The second kappa shape index (κ2) is 47.4. The van der Waals surface area contributed by atoms with Gasteiger partial charge in [-0.2, -0.15) is 0 Å². The molecular weight excluding hydrogens is 1610 g/mol. The molecular formula is C86H126N14O22S. The Hall–Kier alpha value is -10.5. The molecule has 0 bridgehead atoms. The van der Waals surface area contributed by atoms with Crippen LogP contribution in [0.1, 0.15) is 175 Å². The maximum Gasteiger partial charge on any atom is 0.407 e. The van der Waals surface area contributed by atoms with Gasteiger partial charge >= 0.3 is 24.2 Å². The number of imide groups is 2. The molecule has 123 heavy (non-hydrogen) atoms. The number of thioether (sulfide) groups is 1. The smallest absolute Gasteiger partial charge is 0.407 e. The number of unbranched alkanes of at least 4 members (excludes halogenated alkanes) is 2. The third kappa shape index (κ3) is 29.0. The first-order valence-corrected chi connectivity index (χ1v) is 43.3. The SMILES string of the molecule is CC[C@H](C)C([C@@H](CC(=O)N1C[C@@H](OC(=O)NCCNC(=O)OCc2ccc(NC(=O)C(CCCNC(N)=O)NC(=O)[C@@H](NC(=O)CCCCCN3C(=O)CC(SCC4(CC(=O)ON5C(=O)CCC5=O)CC4)C3=O)C(C)C)cc2)C[C@H]1[C@H](OC)[C@@H](C)C(=O)NCC(=O)c1ccc2cc(OC)ccc2c1)OC)N(C)C(=O)[C@@H](NC(=O)[C@H](C(C)C)N(C)C)C(C)C. The van der Waals surface area contributed by atoms with Crippen LogP contribution in [0.25, 0.3) is 10.8 Å². The van der Waals surface area contributed by atoms with Crippen molar-refractivity contribution in [1.82, 2.24) is 61.9 Å². The van der Waals surface area contributed by atoms with Crippen molar-refractivity contribution < 1.29 is 105 Å². The van der Waals surface area contributed by atoms with Gasteiger partial charge < -0.3 is 86.6 Å². The van der Waals surface area contributed by atoms with Gasteiger partial charge in [-0.05, 0) is 128 Å². The van der Waals surface area contributed by atoms with Crippen LogP contribution in [0, 0.1) is 35.0 Å². The molecule has 7 rings (SSSR count). The molecule has 1 aliphatic carbocycles. The number of hydroxylamine groups is 2. The van der Waals surface area contributed by atoms with Gasteiger partial charge in [0.25, 0.3) is 11.8 Å². The van der Waals surface area contributed by atoms with Crippen molar-refractivity contribution in [2.24, 2.45) is 40.7 Å². The van der Waals surface area contributed by atoms with Gasteiger partial charge in [-0.3, -0.25) is 67.3 Å². The zero-order valence-corrected chi connectivity index (χ0v) is 74.2. The van der Waals surface area contributed by atoms with Crippen molar-refractivity contribution in [1.29, 1.82) is 0 Å². The van der Waals surface area contributed by atoms with Crippen LogP contribution < -0.4 is 53.0 Å². The van der Waals surface area contributed by atoms with E-state index in [1.165, 1.54) is 35.8 Å². The number of anilines is 1. The molecule has 1 saturated carbocycles. The number of nitrogens with two attached hydrogens (primary N) is 1. The Morgan fingerprint density at radius 2 is 1.33 bits per heavy atom. The van der Waals surface area contributed by atoms with E-state index < -0.39 is 143 Å². The topological polar surface area (TPSA) is 467 Å². The number of hydrogen-bond donors (Lipinski definition) is 9. The quantitative estimate of drug-likeness (QED) is 0.0188. The van der Waals surface area contributed by atoms with E-state index in [9.17, 15) is 71.9 Å². The van der Waals surface area contributed by atoms with E-state index in [0.717, 1.165) is 10.8 Å². The summed E-state index contributed by atoms with van der Waals surface area (Å²) in [7, 11) is 9.63. The first-order valence-electron chi connectivity index (χ1n) is 42.2. The summed E-state index contributed by atoms with van der Waals surface area (Å²) < 4.78 is 28.9. The maximum atomic E-state index is 15.1. The van der Waals surface area contributed by atoms with E-state index in [1.807, 2.05) is 53.7 Å². The van der Waals surface area contributed by atoms with Crippen LogP contribution in [0.3, 0.4) is 0 Å². The first-order chi connectivity index (χ1) is 58.3. The predicted molar refractivity (Wildman–Crippen MR) is 455 cm³/mol. The number of Topliss-reactive ketones (excluding diaryl/α,β-unsaturated/α-hetero) is 1. The highest BCUT2D eigenvalue weighted by Gasteiger charge is 2.50. The number of fused-ring (bicyclic) bond motifs is 1. The average molecular weight is 1740 g/mol. The number of benzene rings is 3. The molecule has 4 aliphatic rings. The molecule has 678 valence electrons. The van der Waals surface area contributed by atoms with Crippen molar-refractivity contribution in [2.75, 3.05) is 92.8 Å². The van der Waals surface area contributed by atoms with Crippen molar-refractivity contribution >= 4 is 123 Å². The Bertz CT molecular complexity index is 4220. The number of rotatable bonds is 49. The normalized spacial score (nSPS) is 18.4. The summed E-state index contributed by atoms with van der Waals surface area (Å²) in [5.41, 5.74) is 6.00. The predicted octanol–water partition coefficient (Wildman–Crippen LogP) is 5.64. The van der Waals surface area contributed by atoms with Gasteiger partial charge in [0.2, 0.25) is 53.2 Å². The average Bonchev–Trinajstić information content (AvgIpc) is 1.25. The number of nitrogens with zero attached hydrogens (tertiary/aromatic N) is 5. The number of ketones is 1. The Labute approximate surface area is 723 Å². The zero-order valence-electron chi connectivity index (χ0n) is 73.4. The van der Waals surface area contributed by atoms with Gasteiger partial charge in [-0.25, -0.2) is 19.2 Å². The molecule has 4 fully saturated rings. The van der Waals surface area contributed by atoms with Gasteiger partial charge in [0.1, 0.15) is 36.6 Å². The Kier molecular flexibility index (Phi) is 38.3. The van der Waals surface area contributed by atoms with Gasteiger partial charge in [0, 0.05) is 96.6 Å². The number of carbonyl (C=O) groups excluding carboxylic acids is 16. The molecule has 15 amide bonds. The highest BCUT2D eigenvalue weighted by Crippen LogP contribution is 2.52. The summed E-state index contributed by atoms with van der Waals surface area (Å²) in [6, 6.07) is 10.8. The standard InChI is InChI=1S/C86H126N14O22S/c1-16-52(8)75(97(12)82(113)73(50(4)5)95-80(111)74(51(6)7)96(10)11)64(118-14)42-69(105)99-46-60(41-62(99)76(119-15)53(9)77(108)91-45-63(101)57-26-25-56-40-59(117-13)30-27-55(56)39-57)121-85(116)90-37-36-89-84(115)120-47-54-23-28-58(29-24-54)92-78(109)61(21-20-35-88-83(87)114)93-79(110)72(49(2)3)94-66(102)22-18-17-19-38-98-70(106)43-65(81(98)112)123-48-86(33-34-86)44-71(107)122-100-67(103)31-32-68(100)104/h23-30,39-40,49-53,60-62,64-65,72-76H,16-22,31-38,41-48H2,1-15H3,(H,89,115)(H,90,116)(H,91,108)(H,92,109)(H,93,110)(H,94,102)(H,95,111)(H3,87,88,114)/t52-,53+,60-,61?,62-,64+,65?,72-,73-,74-,75?,76+/m0/s1. The molecule has 10 N–H and O–H groups in total.